The van der Waals surface area contributed by atoms with Crippen molar-refractivity contribution in [2.24, 2.45) is 0 Å². The molecule has 0 unspecified atom stereocenters. The Hall–Kier alpha value is -4.23. The zero-order chi connectivity index (χ0) is 25.4. The first-order valence-electron chi connectivity index (χ1n) is 11.5. The molecule has 0 amide bonds. The van der Waals surface area contributed by atoms with E-state index in [0.717, 1.165) is 0 Å². The molecule has 0 spiro atoms. The third-order valence-electron chi connectivity index (χ3n) is 6.56. The summed E-state index contributed by atoms with van der Waals surface area (Å²) in [7, 11) is 0. The number of ketones is 1. The number of carbonyl (C=O) groups excluding carboxylic acids is 1. The Bertz CT molecular complexity index is 1450. The Morgan fingerprint density at radius 1 is 1.03 bits per heavy atom. The number of nitro groups is 1. The highest BCUT2D eigenvalue weighted by Gasteiger charge is 2.43. The van der Waals surface area contributed by atoms with Gasteiger partial charge in [0, 0.05) is 57.6 Å². The molecule has 2 aliphatic rings. The van der Waals surface area contributed by atoms with E-state index in [1.807, 2.05) is 6.07 Å². The number of allylic oxidation sites excluding steroid dienone is 2. The smallest absolute Gasteiger partial charge is 0.269 e. The van der Waals surface area contributed by atoms with E-state index in [4.69, 9.17) is 11.6 Å². The summed E-state index contributed by atoms with van der Waals surface area (Å²) in [4.78, 5) is 26.2. The van der Waals surface area contributed by atoms with E-state index >= 15 is 0 Å². The maximum atomic E-state index is 13.5. The number of Topliss-reactive ketones (excluding diaryl/α,β-unsaturated/α-hetero) is 1. The first kappa shape index (κ1) is 23.5. The summed E-state index contributed by atoms with van der Waals surface area (Å²) in [6, 6.07) is 21.8. The highest BCUT2D eigenvalue weighted by atomic mass is 35.5. The average molecular weight is 500 g/mol. The van der Waals surface area contributed by atoms with E-state index in [9.17, 15) is 25.4 Å². The van der Waals surface area contributed by atoms with Crippen molar-refractivity contribution in [3.63, 3.8) is 0 Å². The van der Waals surface area contributed by atoms with Crippen LogP contribution < -0.4 is 4.90 Å². The zero-order valence-electron chi connectivity index (χ0n) is 19.1. The number of aliphatic hydroxyl groups is 1. The van der Waals surface area contributed by atoms with Gasteiger partial charge in [0.1, 0.15) is 11.6 Å². The Kier molecular flexibility index (Phi) is 6.16. The van der Waals surface area contributed by atoms with Crippen molar-refractivity contribution in [2.45, 2.75) is 25.2 Å². The van der Waals surface area contributed by atoms with Gasteiger partial charge in [0.25, 0.3) is 5.69 Å². The van der Waals surface area contributed by atoms with Gasteiger partial charge in [-0.1, -0.05) is 54.1 Å². The largest absolute Gasteiger partial charge is 0.507 e. The van der Waals surface area contributed by atoms with Crippen molar-refractivity contribution in [1.29, 1.82) is 5.41 Å². The van der Waals surface area contributed by atoms with Crippen LogP contribution in [0.1, 0.15) is 36.3 Å². The van der Waals surface area contributed by atoms with Crippen LogP contribution in [0, 0.1) is 15.5 Å². The molecular formula is C28H22ClN3O4. The molecule has 180 valence electrons. The first-order chi connectivity index (χ1) is 17.4. The first-order valence-corrected chi connectivity index (χ1v) is 11.9. The van der Waals surface area contributed by atoms with E-state index in [1.165, 1.54) is 12.1 Å². The van der Waals surface area contributed by atoms with Gasteiger partial charge in [-0.05, 0) is 42.7 Å². The molecule has 1 aliphatic carbocycles. The molecule has 3 aromatic carbocycles. The number of halogens is 1. The average Bonchev–Trinajstić information content (AvgIpc) is 2.89. The maximum Gasteiger partial charge on any atom is 0.269 e. The highest BCUT2D eigenvalue weighted by Crippen LogP contribution is 2.48. The number of rotatable bonds is 4. The van der Waals surface area contributed by atoms with Gasteiger partial charge in [-0.2, -0.15) is 0 Å². The van der Waals surface area contributed by atoms with Crippen molar-refractivity contribution in [2.75, 3.05) is 4.90 Å². The van der Waals surface area contributed by atoms with Crippen LogP contribution in [0.4, 0.5) is 11.4 Å². The molecule has 1 aliphatic heterocycles. The van der Waals surface area contributed by atoms with Crippen molar-refractivity contribution < 1.29 is 14.8 Å². The summed E-state index contributed by atoms with van der Waals surface area (Å²) in [5.41, 5.74) is 2.81. The van der Waals surface area contributed by atoms with Gasteiger partial charge in [0.2, 0.25) is 0 Å². The van der Waals surface area contributed by atoms with Gasteiger partial charge in [0.15, 0.2) is 5.78 Å². The second kappa shape index (κ2) is 9.43. The van der Waals surface area contributed by atoms with Crippen molar-refractivity contribution >= 4 is 40.4 Å². The number of non-ortho nitro benzene ring substituents is 1. The molecule has 2 N–H and O–H groups in total. The minimum atomic E-state index is -0.830. The van der Waals surface area contributed by atoms with Gasteiger partial charge in [-0.15, -0.1) is 0 Å². The summed E-state index contributed by atoms with van der Waals surface area (Å²) in [5, 5.41) is 32.9. The number of benzene rings is 3. The van der Waals surface area contributed by atoms with Crippen LogP contribution in [0.3, 0.4) is 0 Å². The van der Waals surface area contributed by atoms with Crippen molar-refractivity contribution in [1.82, 2.24) is 0 Å². The number of nitrogens with zero attached hydrogens (tertiary/aromatic N) is 2. The molecule has 1 atom stereocenters. The van der Waals surface area contributed by atoms with Crippen LogP contribution in [0.15, 0.2) is 95.7 Å². The summed E-state index contributed by atoms with van der Waals surface area (Å²) in [5.74, 6) is -1.08. The van der Waals surface area contributed by atoms with Gasteiger partial charge < -0.3 is 5.11 Å². The summed E-state index contributed by atoms with van der Waals surface area (Å²) >= 11 is 6.11. The van der Waals surface area contributed by atoms with Crippen LogP contribution in [-0.4, -0.2) is 21.6 Å². The second-order valence-electron chi connectivity index (χ2n) is 8.71. The van der Waals surface area contributed by atoms with Gasteiger partial charge in [-0.25, -0.2) is 0 Å². The lowest BCUT2D eigenvalue weighted by atomic mass is 9.73. The minimum absolute atomic E-state index is 0.00336. The minimum Gasteiger partial charge on any atom is -0.507 e. The lowest BCUT2D eigenvalue weighted by Crippen LogP contribution is -2.42. The molecular weight excluding hydrogens is 478 g/mol. The lowest BCUT2D eigenvalue weighted by molar-refractivity contribution is -0.384. The summed E-state index contributed by atoms with van der Waals surface area (Å²) in [6.07, 6.45) is 1.50. The van der Waals surface area contributed by atoms with Crippen LogP contribution in [-0.2, 0) is 4.79 Å². The molecule has 3 aromatic rings. The molecule has 36 heavy (non-hydrogen) atoms. The van der Waals surface area contributed by atoms with E-state index in [0.29, 0.717) is 52.4 Å². The van der Waals surface area contributed by atoms with E-state index in [1.54, 1.807) is 65.6 Å². The normalized spacial score (nSPS) is 19.2. The van der Waals surface area contributed by atoms with Crippen molar-refractivity contribution in [3.8, 4) is 0 Å². The molecule has 0 radical (unpaired) electrons. The number of nitrogens with one attached hydrogen (secondary N) is 1. The molecule has 0 saturated heterocycles. The van der Waals surface area contributed by atoms with Crippen LogP contribution in [0.25, 0.3) is 5.76 Å². The quantitative estimate of drug-likeness (QED) is 0.233. The van der Waals surface area contributed by atoms with E-state index in [2.05, 4.69) is 0 Å². The fraction of sp³-hybridized carbons (Fsp3) is 0.143. The fourth-order valence-electron chi connectivity index (χ4n) is 4.97. The Balaban J connectivity index is 1.83. The maximum absolute atomic E-state index is 13.5. The molecule has 5 rings (SSSR count). The Morgan fingerprint density at radius 3 is 2.44 bits per heavy atom. The Labute approximate surface area is 212 Å². The monoisotopic (exact) mass is 499 g/mol. The summed E-state index contributed by atoms with van der Waals surface area (Å²) in [6.45, 7) is 0. The third-order valence-corrected chi connectivity index (χ3v) is 6.81. The predicted molar refractivity (Wildman–Crippen MR) is 139 cm³/mol. The standard InChI is InChI=1S/C28H22ClN3O4/c29-19-12-14-20(15-13-19)31-22-10-5-11-23(33)25(22)24(18-8-4-9-21(16-18)32(35)36)26(28(31)30)27(34)17-6-2-1-3-7-17/h1-4,6-9,12-16,24,30,34H,5,10-11H2/t24-/m0/s1. The number of anilines is 1. The zero-order valence-corrected chi connectivity index (χ0v) is 19.9. The highest BCUT2D eigenvalue weighted by molar-refractivity contribution is 6.30. The lowest BCUT2D eigenvalue weighted by Gasteiger charge is -2.41. The summed E-state index contributed by atoms with van der Waals surface area (Å²) < 4.78 is 0. The Morgan fingerprint density at radius 2 is 1.75 bits per heavy atom. The second-order valence-corrected chi connectivity index (χ2v) is 9.15. The van der Waals surface area contributed by atoms with Gasteiger partial charge >= 0.3 is 0 Å². The van der Waals surface area contributed by atoms with Gasteiger partial charge in [-0.3, -0.25) is 25.2 Å². The number of nitro benzene ring substituents is 1. The predicted octanol–water partition coefficient (Wildman–Crippen LogP) is 6.81. The van der Waals surface area contributed by atoms with Crippen LogP contribution >= 0.6 is 11.6 Å². The van der Waals surface area contributed by atoms with E-state index in [-0.39, 0.29) is 28.6 Å². The SMILES string of the molecule is N=C1C(=C(O)c2ccccc2)[C@@H](c2cccc([N+](=O)[O-])c2)C2=C(CCCC2=O)N1c1ccc(Cl)cc1. The van der Waals surface area contributed by atoms with Crippen LogP contribution in [0.5, 0.6) is 0 Å². The molecule has 0 saturated carbocycles. The van der Waals surface area contributed by atoms with Gasteiger partial charge in [0.05, 0.1) is 4.92 Å². The number of hydrogen-bond donors (Lipinski definition) is 2. The number of amidine groups is 1. The van der Waals surface area contributed by atoms with Crippen LogP contribution in [0.2, 0.25) is 5.02 Å². The third kappa shape index (κ3) is 4.07. The molecule has 7 nitrogen and oxygen atoms in total. The van der Waals surface area contributed by atoms with Crippen molar-refractivity contribution in [3.05, 3.63) is 122 Å². The molecule has 1 heterocycles. The topological polar surface area (TPSA) is 108 Å². The number of aliphatic hydroxyl groups excluding tert-OH is 1. The number of carbonyl (C=O) groups is 1. The molecule has 8 heteroatoms. The number of hydrogen-bond acceptors (Lipinski definition) is 5. The fourth-order valence-corrected chi connectivity index (χ4v) is 5.10. The van der Waals surface area contributed by atoms with E-state index < -0.39 is 10.8 Å². The molecule has 0 fully saturated rings. The molecule has 0 bridgehead atoms. The molecule has 0 aromatic heterocycles.